The Balaban J connectivity index is 1.67. The Bertz CT molecular complexity index is 1090. The molecule has 5 nitrogen and oxygen atoms in total. The van der Waals surface area contributed by atoms with E-state index in [1.807, 2.05) is 0 Å². The Morgan fingerprint density at radius 2 is 1.90 bits per heavy atom. The molecule has 2 aliphatic rings. The number of benzene rings is 1. The molecule has 0 saturated carbocycles. The molecule has 0 fully saturated rings. The Labute approximate surface area is 170 Å². The van der Waals surface area contributed by atoms with Crippen molar-refractivity contribution in [1.82, 2.24) is 0 Å². The van der Waals surface area contributed by atoms with Crippen molar-refractivity contribution < 1.29 is 27.1 Å². The van der Waals surface area contributed by atoms with E-state index in [1.54, 1.807) is 19.1 Å². The van der Waals surface area contributed by atoms with Crippen LogP contribution < -0.4 is 4.74 Å². The van der Waals surface area contributed by atoms with Crippen LogP contribution in [0.1, 0.15) is 37.9 Å². The largest absolute Gasteiger partial charge is 0.573 e. The summed E-state index contributed by atoms with van der Waals surface area (Å²) >= 11 is 0. The van der Waals surface area contributed by atoms with Gasteiger partial charge in [0.2, 0.25) is 0 Å². The van der Waals surface area contributed by atoms with E-state index in [0.717, 1.165) is 6.42 Å². The fourth-order valence-electron chi connectivity index (χ4n) is 3.98. The van der Waals surface area contributed by atoms with Gasteiger partial charge in [0.25, 0.3) is 0 Å². The fourth-order valence-corrected chi connectivity index (χ4v) is 3.98. The molecule has 0 N–H and O–H groups in total. The summed E-state index contributed by atoms with van der Waals surface area (Å²) in [4.78, 5) is 17.1. The van der Waals surface area contributed by atoms with E-state index in [1.165, 1.54) is 24.3 Å². The second-order valence-corrected chi connectivity index (χ2v) is 7.25. The zero-order valence-corrected chi connectivity index (χ0v) is 16.0. The average Bonchev–Trinajstić information content (AvgIpc) is 3.16. The molecule has 1 aliphatic heterocycles. The molecular weight excluding hydrogens is 397 g/mol. The second-order valence-electron chi connectivity index (χ2n) is 7.25. The van der Waals surface area contributed by atoms with Crippen LogP contribution in [0.4, 0.5) is 13.2 Å². The van der Waals surface area contributed by atoms with Crippen LogP contribution in [0.25, 0.3) is 11.3 Å². The predicted octanol–water partition coefficient (Wildman–Crippen LogP) is 5.55. The zero-order chi connectivity index (χ0) is 21.5. The minimum absolute atomic E-state index is 0.0237. The Kier molecular flexibility index (Phi) is 4.98. The number of nitrogens with zero attached hydrogens (tertiary/aromatic N) is 2. The number of carbonyl (C=O) groups is 1. The maximum atomic E-state index is 12.6. The molecule has 0 saturated heterocycles. The van der Waals surface area contributed by atoms with Crippen LogP contribution >= 0.6 is 0 Å². The third kappa shape index (κ3) is 3.75. The highest BCUT2D eigenvalue weighted by molar-refractivity contribution is 6.02. The van der Waals surface area contributed by atoms with Gasteiger partial charge in [-0.15, -0.1) is 13.2 Å². The van der Waals surface area contributed by atoms with Crippen LogP contribution in [0.3, 0.4) is 0 Å². The molecule has 4 rings (SSSR count). The third-order valence-electron chi connectivity index (χ3n) is 5.28. The molecule has 1 unspecified atom stereocenters. The third-order valence-corrected chi connectivity index (χ3v) is 5.28. The standard InChI is InChI=1S/C22H17F3N2O3/c1-12-15(11-26)20(21-16(27-12)3-2-4-17(21)28)19-10-9-18(29-19)13-5-7-14(8-6-13)30-22(23,24)25/h5-10,15,20H,2-4H2,1H3/t15?,20-/m1/s1. The van der Waals surface area contributed by atoms with E-state index < -0.39 is 18.2 Å². The van der Waals surface area contributed by atoms with E-state index in [-0.39, 0.29) is 11.5 Å². The Morgan fingerprint density at radius 1 is 1.17 bits per heavy atom. The highest BCUT2D eigenvalue weighted by Crippen LogP contribution is 2.44. The van der Waals surface area contributed by atoms with Gasteiger partial charge in [-0.1, -0.05) is 0 Å². The van der Waals surface area contributed by atoms with Gasteiger partial charge in [-0.05, 0) is 56.2 Å². The minimum atomic E-state index is -4.76. The van der Waals surface area contributed by atoms with Crippen LogP contribution in [-0.2, 0) is 4.79 Å². The molecule has 0 bridgehead atoms. The maximum Gasteiger partial charge on any atom is 0.573 e. The highest BCUT2D eigenvalue weighted by Gasteiger charge is 2.40. The van der Waals surface area contributed by atoms with Crippen LogP contribution in [0.15, 0.2) is 57.1 Å². The van der Waals surface area contributed by atoms with Gasteiger partial charge in [0, 0.05) is 29.0 Å². The van der Waals surface area contributed by atoms with Gasteiger partial charge in [0.05, 0.1) is 17.9 Å². The first kappa shape index (κ1) is 20.0. The lowest BCUT2D eigenvalue weighted by molar-refractivity contribution is -0.274. The number of ether oxygens (including phenoxy) is 1. The van der Waals surface area contributed by atoms with E-state index in [0.29, 0.717) is 46.9 Å². The molecule has 8 heteroatoms. The van der Waals surface area contributed by atoms with Gasteiger partial charge in [0.1, 0.15) is 17.3 Å². The molecule has 0 spiro atoms. The van der Waals surface area contributed by atoms with Gasteiger partial charge < -0.3 is 9.15 Å². The minimum Gasteiger partial charge on any atom is -0.460 e. The number of carbonyl (C=O) groups excluding carboxylic acids is 1. The Hall–Kier alpha value is -3.34. The second kappa shape index (κ2) is 7.48. The number of aliphatic imine (C=N–C) groups is 1. The molecular formula is C22H17F3N2O3. The number of ketones is 1. The number of Topliss-reactive ketones (excluding diaryl/α,β-unsaturated/α-hetero) is 1. The van der Waals surface area contributed by atoms with Crippen molar-refractivity contribution in [2.24, 2.45) is 10.9 Å². The molecule has 2 heterocycles. The Morgan fingerprint density at radius 3 is 2.57 bits per heavy atom. The van der Waals surface area contributed by atoms with Crippen LogP contribution in [0, 0.1) is 17.2 Å². The van der Waals surface area contributed by atoms with Crippen LogP contribution in [0.2, 0.25) is 0 Å². The summed E-state index contributed by atoms with van der Waals surface area (Å²) in [7, 11) is 0. The number of halogens is 3. The summed E-state index contributed by atoms with van der Waals surface area (Å²) in [5, 5.41) is 9.70. The number of rotatable bonds is 3. The molecule has 0 amide bonds. The zero-order valence-electron chi connectivity index (χ0n) is 16.0. The van der Waals surface area contributed by atoms with Crippen LogP contribution in [0.5, 0.6) is 5.75 Å². The van der Waals surface area contributed by atoms with E-state index in [4.69, 9.17) is 4.42 Å². The monoisotopic (exact) mass is 414 g/mol. The normalized spacial score (nSPS) is 21.7. The smallest absolute Gasteiger partial charge is 0.460 e. The quantitative estimate of drug-likeness (QED) is 0.660. The SMILES string of the molecule is CC1=NC2=C(C(=O)CCC2)[C@@H](c2ccc(-c3ccc(OC(F)(F)F)cc3)o2)C1C#N. The van der Waals surface area contributed by atoms with E-state index in [2.05, 4.69) is 15.8 Å². The number of nitriles is 1. The van der Waals surface area contributed by atoms with Gasteiger partial charge >= 0.3 is 6.36 Å². The van der Waals surface area contributed by atoms with Gasteiger partial charge in [-0.2, -0.15) is 5.26 Å². The molecule has 1 aromatic heterocycles. The number of hydrogen-bond donors (Lipinski definition) is 0. The maximum absolute atomic E-state index is 12.6. The highest BCUT2D eigenvalue weighted by atomic mass is 19.4. The lowest BCUT2D eigenvalue weighted by Crippen LogP contribution is -2.30. The molecule has 154 valence electrons. The number of allylic oxidation sites excluding steroid dienone is 2. The van der Waals surface area contributed by atoms with Crippen molar-refractivity contribution >= 4 is 11.5 Å². The van der Waals surface area contributed by atoms with Gasteiger partial charge in [-0.25, -0.2) is 0 Å². The number of hydrogen-bond acceptors (Lipinski definition) is 5. The molecule has 30 heavy (non-hydrogen) atoms. The van der Waals surface area contributed by atoms with E-state index in [9.17, 15) is 23.2 Å². The first-order valence-electron chi connectivity index (χ1n) is 9.44. The first-order chi connectivity index (χ1) is 14.3. The molecule has 1 aromatic carbocycles. The van der Waals surface area contributed by atoms with Crippen molar-refractivity contribution in [2.75, 3.05) is 0 Å². The van der Waals surface area contributed by atoms with Crippen molar-refractivity contribution in [3.63, 3.8) is 0 Å². The predicted molar refractivity (Wildman–Crippen MR) is 102 cm³/mol. The summed E-state index contributed by atoms with van der Waals surface area (Å²) in [6, 6.07) is 10.9. The lowest BCUT2D eigenvalue weighted by atomic mass is 9.74. The number of alkyl halides is 3. The molecule has 0 radical (unpaired) electrons. The number of furan rings is 1. The van der Waals surface area contributed by atoms with Crippen molar-refractivity contribution in [3.8, 4) is 23.1 Å². The van der Waals surface area contributed by atoms with Crippen LogP contribution in [-0.4, -0.2) is 17.9 Å². The molecule has 2 aromatic rings. The molecule has 1 aliphatic carbocycles. The van der Waals surface area contributed by atoms with Crippen molar-refractivity contribution in [1.29, 1.82) is 5.26 Å². The lowest BCUT2D eigenvalue weighted by Gasteiger charge is -2.30. The summed E-state index contributed by atoms with van der Waals surface area (Å²) < 4.78 is 46.9. The average molecular weight is 414 g/mol. The first-order valence-corrected chi connectivity index (χ1v) is 9.44. The van der Waals surface area contributed by atoms with E-state index >= 15 is 0 Å². The van der Waals surface area contributed by atoms with Gasteiger partial charge in [0.15, 0.2) is 5.78 Å². The van der Waals surface area contributed by atoms with Crippen molar-refractivity contribution in [3.05, 3.63) is 53.4 Å². The summed E-state index contributed by atoms with van der Waals surface area (Å²) in [6.45, 7) is 1.77. The summed E-state index contributed by atoms with van der Waals surface area (Å²) in [6.07, 6.45) is -2.93. The molecule has 2 atom stereocenters. The topological polar surface area (TPSA) is 75.6 Å². The summed E-state index contributed by atoms with van der Waals surface area (Å²) in [5.41, 5.74) is 2.44. The van der Waals surface area contributed by atoms with Crippen molar-refractivity contribution in [2.45, 2.75) is 38.5 Å². The van der Waals surface area contributed by atoms with Gasteiger partial charge in [-0.3, -0.25) is 9.79 Å². The summed E-state index contributed by atoms with van der Waals surface area (Å²) in [5.74, 6) is -0.632. The fraction of sp³-hybridized carbons (Fsp3) is 0.318.